The maximum atomic E-state index is 12.8. The lowest BCUT2D eigenvalue weighted by molar-refractivity contribution is 0.103. The summed E-state index contributed by atoms with van der Waals surface area (Å²) in [5.41, 5.74) is 4.85. The van der Waals surface area contributed by atoms with Crippen molar-refractivity contribution in [3.63, 3.8) is 0 Å². The minimum atomic E-state index is -0.0522. The van der Waals surface area contributed by atoms with Crippen molar-refractivity contribution in [2.24, 2.45) is 7.05 Å². The quantitative estimate of drug-likeness (QED) is 0.587. The Morgan fingerprint density at radius 2 is 2.17 bits per heavy atom. The molecule has 0 saturated heterocycles. The molecule has 0 unspecified atom stereocenters. The van der Waals surface area contributed by atoms with E-state index in [0.717, 1.165) is 22.2 Å². The maximum Gasteiger partial charge on any atom is 0.213 e. The summed E-state index contributed by atoms with van der Waals surface area (Å²) >= 11 is 1.64. The zero-order chi connectivity index (χ0) is 16.0. The topological polar surface area (TPSA) is 63.6 Å². The van der Waals surface area contributed by atoms with E-state index in [1.165, 1.54) is 0 Å². The van der Waals surface area contributed by atoms with E-state index in [1.807, 2.05) is 30.6 Å². The number of pyridine rings is 1. The van der Waals surface area contributed by atoms with E-state index in [2.05, 4.69) is 20.4 Å². The van der Waals surface area contributed by atoms with Gasteiger partial charge in [0.2, 0.25) is 5.78 Å². The summed E-state index contributed by atoms with van der Waals surface area (Å²) in [5, 5.41) is 9.18. The van der Waals surface area contributed by atoms with Gasteiger partial charge in [0.15, 0.2) is 0 Å². The number of carbonyl (C=O) groups excluding carboxylic acids is 1. The normalized spacial score (nSPS) is 11.2. The van der Waals surface area contributed by atoms with Crippen LogP contribution in [0.1, 0.15) is 21.7 Å². The molecule has 0 radical (unpaired) electrons. The van der Waals surface area contributed by atoms with Gasteiger partial charge in [0.05, 0.1) is 11.3 Å². The van der Waals surface area contributed by atoms with Crippen LogP contribution in [0.25, 0.3) is 22.2 Å². The highest BCUT2D eigenvalue weighted by atomic mass is 32.1. The fourth-order valence-corrected chi connectivity index (χ4v) is 3.40. The third-order valence-electron chi connectivity index (χ3n) is 3.86. The molecule has 0 spiro atoms. The number of hydrogen-bond acceptors (Lipinski definition) is 4. The molecule has 4 heterocycles. The van der Waals surface area contributed by atoms with Gasteiger partial charge in [0.1, 0.15) is 11.3 Å². The minimum absolute atomic E-state index is 0.0522. The first kappa shape index (κ1) is 13.9. The smallest absolute Gasteiger partial charge is 0.213 e. The van der Waals surface area contributed by atoms with Crippen LogP contribution < -0.4 is 0 Å². The number of aryl methyl sites for hydroxylation is 2. The average molecular weight is 322 g/mol. The highest BCUT2D eigenvalue weighted by molar-refractivity contribution is 7.08. The second-order valence-electron chi connectivity index (χ2n) is 5.46. The number of rotatable bonds is 3. The Hall–Kier alpha value is -2.73. The first-order valence-corrected chi connectivity index (χ1v) is 8.13. The monoisotopic (exact) mass is 322 g/mol. The summed E-state index contributed by atoms with van der Waals surface area (Å²) < 4.78 is 1.62. The fourth-order valence-electron chi connectivity index (χ4n) is 2.74. The molecule has 6 heteroatoms. The van der Waals surface area contributed by atoms with Gasteiger partial charge >= 0.3 is 0 Å². The summed E-state index contributed by atoms with van der Waals surface area (Å²) in [5.74, 6) is -0.0522. The molecule has 0 bridgehead atoms. The number of aromatic amines is 1. The molecular formula is C17H14N4OS. The second kappa shape index (κ2) is 5.17. The summed E-state index contributed by atoms with van der Waals surface area (Å²) in [6.45, 7) is 1.88. The fraction of sp³-hybridized carbons (Fsp3) is 0.118. The molecule has 0 aliphatic rings. The average Bonchev–Trinajstić information content (AvgIpc) is 3.25. The molecule has 4 aromatic rings. The standard InChI is InChI=1S/C17H14N4OS/c1-10-5-15(21(2)20-10)16(22)14-8-19-17-13(14)6-12(7-18-17)11-3-4-23-9-11/h3-9H,1-2H3,(H,18,19). The SMILES string of the molecule is Cc1cc(C(=O)c2c[nH]c3ncc(-c4ccsc4)cc23)n(C)n1. The first-order chi connectivity index (χ1) is 11.1. The Balaban J connectivity index is 1.85. The predicted octanol–water partition coefficient (Wildman–Crippen LogP) is 3.56. The van der Waals surface area contributed by atoms with E-state index >= 15 is 0 Å². The van der Waals surface area contributed by atoms with Gasteiger partial charge in [-0.05, 0) is 41.4 Å². The molecule has 0 aromatic carbocycles. The third-order valence-corrected chi connectivity index (χ3v) is 4.55. The Morgan fingerprint density at radius 1 is 1.30 bits per heavy atom. The highest BCUT2D eigenvalue weighted by Gasteiger charge is 2.19. The second-order valence-corrected chi connectivity index (χ2v) is 6.24. The van der Waals surface area contributed by atoms with Crippen molar-refractivity contribution >= 4 is 28.2 Å². The van der Waals surface area contributed by atoms with E-state index < -0.39 is 0 Å². The summed E-state index contributed by atoms with van der Waals surface area (Å²) in [6.07, 6.45) is 3.54. The Kier molecular flexibility index (Phi) is 3.12. The number of nitrogens with zero attached hydrogens (tertiary/aromatic N) is 3. The van der Waals surface area contributed by atoms with Crippen LogP contribution in [0.4, 0.5) is 0 Å². The van der Waals surface area contributed by atoms with Crippen LogP contribution in [0.3, 0.4) is 0 Å². The van der Waals surface area contributed by atoms with Crippen LogP contribution in [0.2, 0.25) is 0 Å². The van der Waals surface area contributed by atoms with E-state index in [-0.39, 0.29) is 5.78 Å². The number of thiophene rings is 1. The van der Waals surface area contributed by atoms with Crippen molar-refractivity contribution in [3.05, 3.63) is 58.3 Å². The lowest BCUT2D eigenvalue weighted by Gasteiger charge is -2.02. The van der Waals surface area contributed by atoms with Gasteiger partial charge in [-0.1, -0.05) is 0 Å². The molecule has 0 fully saturated rings. The molecule has 0 saturated carbocycles. The van der Waals surface area contributed by atoms with Crippen molar-refractivity contribution in [1.29, 1.82) is 0 Å². The van der Waals surface area contributed by atoms with Gasteiger partial charge in [-0.15, -0.1) is 0 Å². The molecule has 4 rings (SSSR count). The number of aromatic nitrogens is 4. The van der Waals surface area contributed by atoms with Crippen LogP contribution in [-0.4, -0.2) is 25.5 Å². The van der Waals surface area contributed by atoms with E-state index in [4.69, 9.17) is 0 Å². The van der Waals surface area contributed by atoms with Gasteiger partial charge in [0, 0.05) is 30.4 Å². The van der Waals surface area contributed by atoms with Gasteiger partial charge in [-0.3, -0.25) is 9.48 Å². The van der Waals surface area contributed by atoms with E-state index in [9.17, 15) is 4.79 Å². The first-order valence-electron chi connectivity index (χ1n) is 7.18. The van der Waals surface area contributed by atoms with Gasteiger partial charge in [0.25, 0.3) is 0 Å². The zero-order valence-corrected chi connectivity index (χ0v) is 13.5. The number of fused-ring (bicyclic) bond motifs is 1. The molecule has 23 heavy (non-hydrogen) atoms. The van der Waals surface area contributed by atoms with Crippen LogP contribution >= 0.6 is 11.3 Å². The maximum absolute atomic E-state index is 12.8. The number of hydrogen-bond donors (Lipinski definition) is 1. The predicted molar refractivity (Wildman–Crippen MR) is 90.8 cm³/mol. The Morgan fingerprint density at radius 3 is 2.87 bits per heavy atom. The lowest BCUT2D eigenvalue weighted by atomic mass is 10.1. The van der Waals surface area contributed by atoms with Crippen molar-refractivity contribution in [2.45, 2.75) is 6.92 Å². The molecule has 0 atom stereocenters. The number of H-pyrrole nitrogens is 1. The minimum Gasteiger partial charge on any atom is -0.345 e. The Bertz CT molecular complexity index is 1010. The van der Waals surface area contributed by atoms with Crippen LogP contribution in [0.15, 0.2) is 41.4 Å². The number of nitrogens with one attached hydrogen (secondary N) is 1. The van der Waals surface area contributed by atoms with Crippen LogP contribution in [0.5, 0.6) is 0 Å². The largest absolute Gasteiger partial charge is 0.345 e. The highest BCUT2D eigenvalue weighted by Crippen LogP contribution is 2.27. The van der Waals surface area contributed by atoms with Crippen molar-refractivity contribution < 1.29 is 4.79 Å². The van der Waals surface area contributed by atoms with Crippen LogP contribution in [-0.2, 0) is 7.05 Å². The van der Waals surface area contributed by atoms with Gasteiger partial charge in [-0.25, -0.2) is 4.98 Å². The molecule has 0 aliphatic heterocycles. The summed E-state index contributed by atoms with van der Waals surface area (Å²) in [6, 6.07) is 5.86. The molecular weight excluding hydrogens is 308 g/mol. The summed E-state index contributed by atoms with van der Waals surface area (Å²) in [7, 11) is 1.78. The van der Waals surface area contributed by atoms with Crippen molar-refractivity contribution in [3.8, 4) is 11.1 Å². The molecule has 114 valence electrons. The zero-order valence-electron chi connectivity index (χ0n) is 12.7. The molecule has 4 aromatic heterocycles. The number of ketones is 1. The van der Waals surface area contributed by atoms with Crippen molar-refractivity contribution in [2.75, 3.05) is 0 Å². The Labute approximate surface area is 136 Å². The molecule has 5 nitrogen and oxygen atoms in total. The summed E-state index contributed by atoms with van der Waals surface area (Å²) in [4.78, 5) is 20.4. The molecule has 0 aliphatic carbocycles. The van der Waals surface area contributed by atoms with Crippen molar-refractivity contribution in [1.82, 2.24) is 19.7 Å². The van der Waals surface area contributed by atoms with Gasteiger partial charge < -0.3 is 4.98 Å². The van der Waals surface area contributed by atoms with E-state index in [1.54, 1.807) is 35.3 Å². The third kappa shape index (κ3) is 2.27. The number of carbonyl (C=O) groups is 1. The molecule has 0 amide bonds. The van der Waals surface area contributed by atoms with Gasteiger partial charge in [-0.2, -0.15) is 16.4 Å². The van der Waals surface area contributed by atoms with Crippen LogP contribution in [0, 0.1) is 6.92 Å². The van der Waals surface area contributed by atoms with E-state index in [0.29, 0.717) is 16.9 Å². The lowest BCUT2D eigenvalue weighted by Crippen LogP contribution is -2.07. The molecule has 1 N–H and O–H groups in total.